The van der Waals surface area contributed by atoms with Crippen LogP contribution < -0.4 is 10.1 Å². The molecule has 0 aliphatic carbocycles. The van der Waals surface area contributed by atoms with Gasteiger partial charge in [0, 0.05) is 25.2 Å². The normalized spacial score (nSPS) is 16.1. The van der Waals surface area contributed by atoms with E-state index in [4.69, 9.17) is 4.74 Å². The molecule has 1 aliphatic heterocycles. The standard InChI is InChI=1S/C28H30N2O3/c1-20-11-13-21(14-12-20)17-27(31)30-16-15-29-28(32)23(19-30)18-22-7-3-4-8-24(22)25-9-5-6-10-26(25)33-2/h3-14,23H,15-19H2,1-2H3,(H,29,32). The fourth-order valence-corrected chi connectivity index (χ4v) is 4.37. The molecule has 1 atom stereocenters. The first kappa shape index (κ1) is 22.6. The number of nitrogens with one attached hydrogen (secondary N) is 1. The maximum atomic E-state index is 13.1. The maximum Gasteiger partial charge on any atom is 0.227 e. The topological polar surface area (TPSA) is 58.6 Å². The van der Waals surface area contributed by atoms with Gasteiger partial charge >= 0.3 is 0 Å². The summed E-state index contributed by atoms with van der Waals surface area (Å²) in [7, 11) is 1.66. The van der Waals surface area contributed by atoms with Gasteiger partial charge in [-0.15, -0.1) is 0 Å². The molecule has 1 fully saturated rings. The van der Waals surface area contributed by atoms with E-state index in [0.717, 1.165) is 28.0 Å². The van der Waals surface area contributed by atoms with Crippen LogP contribution in [0.4, 0.5) is 0 Å². The van der Waals surface area contributed by atoms with Gasteiger partial charge in [0.2, 0.25) is 11.8 Å². The number of benzene rings is 3. The Morgan fingerprint density at radius 1 is 1.00 bits per heavy atom. The fraction of sp³-hybridized carbons (Fsp3) is 0.286. The molecule has 0 aromatic heterocycles. The second-order valence-corrected chi connectivity index (χ2v) is 8.55. The molecular formula is C28H30N2O3. The Balaban J connectivity index is 1.54. The van der Waals surface area contributed by atoms with E-state index in [1.807, 2.05) is 72.5 Å². The Morgan fingerprint density at radius 2 is 1.70 bits per heavy atom. The van der Waals surface area contributed by atoms with Gasteiger partial charge in [-0.2, -0.15) is 0 Å². The largest absolute Gasteiger partial charge is 0.496 e. The molecule has 1 aliphatic rings. The van der Waals surface area contributed by atoms with Gasteiger partial charge in [0.15, 0.2) is 0 Å². The molecule has 3 aromatic rings. The summed E-state index contributed by atoms with van der Waals surface area (Å²) in [5, 5.41) is 3.00. The minimum absolute atomic E-state index is 0.00420. The van der Waals surface area contributed by atoms with Crippen LogP contribution in [0.2, 0.25) is 0 Å². The van der Waals surface area contributed by atoms with Crippen LogP contribution in [0.3, 0.4) is 0 Å². The molecule has 1 unspecified atom stereocenters. The first-order valence-corrected chi connectivity index (χ1v) is 11.4. The number of ether oxygens (including phenoxy) is 1. The summed E-state index contributed by atoms with van der Waals surface area (Å²) >= 11 is 0. The molecule has 0 radical (unpaired) electrons. The molecule has 1 heterocycles. The lowest BCUT2D eigenvalue weighted by atomic mass is 9.91. The van der Waals surface area contributed by atoms with E-state index < -0.39 is 0 Å². The molecule has 33 heavy (non-hydrogen) atoms. The number of rotatable bonds is 6. The minimum atomic E-state index is -0.315. The molecule has 0 spiro atoms. The maximum absolute atomic E-state index is 13.1. The molecular weight excluding hydrogens is 412 g/mol. The monoisotopic (exact) mass is 442 g/mol. The van der Waals surface area contributed by atoms with Crippen LogP contribution in [-0.4, -0.2) is 43.5 Å². The highest BCUT2D eigenvalue weighted by Crippen LogP contribution is 2.33. The van der Waals surface area contributed by atoms with E-state index in [2.05, 4.69) is 17.4 Å². The van der Waals surface area contributed by atoms with Crippen molar-refractivity contribution in [1.29, 1.82) is 0 Å². The third-order valence-electron chi connectivity index (χ3n) is 6.20. The Hall–Kier alpha value is -3.60. The molecule has 0 bridgehead atoms. The molecule has 5 heteroatoms. The van der Waals surface area contributed by atoms with Crippen LogP contribution in [-0.2, 0) is 22.4 Å². The number of methoxy groups -OCH3 is 1. The lowest BCUT2D eigenvalue weighted by molar-refractivity contribution is -0.131. The lowest BCUT2D eigenvalue weighted by Crippen LogP contribution is -2.38. The number of hydrogen-bond donors (Lipinski definition) is 1. The number of hydrogen-bond acceptors (Lipinski definition) is 3. The summed E-state index contributed by atoms with van der Waals surface area (Å²) < 4.78 is 5.57. The first-order valence-electron chi connectivity index (χ1n) is 11.4. The zero-order valence-electron chi connectivity index (χ0n) is 19.2. The zero-order chi connectivity index (χ0) is 23.2. The fourth-order valence-electron chi connectivity index (χ4n) is 4.37. The van der Waals surface area contributed by atoms with E-state index in [1.165, 1.54) is 5.56 Å². The van der Waals surface area contributed by atoms with Crippen LogP contribution >= 0.6 is 0 Å². The van der Waals surface area contributed by atoms with Gasteiger partial charge in [0.1, 0.15) is 5.75 Å². The van der Waals surface area contributed by atoms with Gasteiger partial charge < -0.3 is 15.0 Å². The van der Waals surface area contributed by atoms with Crippen molar-refractivity contribution < 1.29 is 14.3 Å². The summed E-state index contributed by atoms with van der Waals surface area (Å²) in [4.78, 5) is 27.8. The number of nitrogens with zero attached hydrogens (tertiary/aromatic N) is 1. The van der Waals surface area contributed by atoms with E-state index in [9.17, 15) is 9.59 Å². The van der Waals surface area contributed by atoms with Crippen LogP contribution in [0.15, 0.2) is 72.8 Å². The first-order chi connectivity index (χ1) is 16.0. The number of carbonyl (C=O) groups is 2. The minimum Gasteiger partial charge on any atom is -0.496 e. The summed E-state index contributed by atoms with van der Waals surface area (Å²) in [6.45, 7) is 3.45. The third kappa shape index (κ3) is 5.43. The average Bonchev–Trinajstić information content (AvgIpc) is 3.02. The predicted molar refractivity (Wildman–Crippen MR) is 130 cm³/mol. The van der Waals surface area contributed by atoms with Crippen molar-refractivity contribution in [3.8, 4) is 16.9 Å². The van der Waals surface area contributed by atoms with Crippen molar-refractivity contribution in [2.75, 3.05) is 26.7 Å². The molecule has 2 amide bonds. The van der Waals surface area contributed by atoms with Crippen LogP contribution in [0.5, 0.6) is 5.75 Å². The van der Waals surface area contributed by atoms with Crippen molar-refractivity contribution in [2.45, 2.75) is 19.8 Å². The Kier molecular flexibility index (Phi) is 7.08. The van der Waals surface area contributed by atoms with E-state index >= 15 is 0 Å². The highest BCUT2D eigenvalue weighted by Gasteiger charge is 2.28. The van der Waals surface area contributed by atoms with Gasteiger partial charge in [-0.3, -0.25) is 9.59 Å². The summed E-state index contributed by atoms with van der Waals surface area (Å²) in [6.07, 6.45) is 0.896. The van der Waals surface area contributed by atoms with E-state index in [-0.39, 0.29) is 17.7 Å². The zero-order valence-corrected chi connectivity index (χ0v) is 19.2. The van der Waals surface area contributed by atoms with Gasteiger partial charge in [0.05, 0.1) is 19.4 Å². The number of para-hydroxylation sites is 1. The van der Waals surface area contributed by atoms with Gasteiger partial charge in [-0.25, -0.2) is 0 Å². The Bertz CT molecular complexity index is 1120. The van der Waals surface area contributed by atoms with Crippen molar-refractivity contribution in [1.82, 2.24) is 10.2 Å². The molecule has 4 rings (SSSR count). The van der Waals surface area contributed by atoms with Crippen molar-refractivity contribution in [3.63, 3.8) is 0 Å². The van der Waals surface area contributed by atoms with Crippen LogP contribution in [0.25, 0.3) is 11.1 Å². The number of aryl methyl sites for hydroxylation is 1. The van der Waals surface area contributed by atoms with Crippen molar-refractivity contribution >= 4 is 11.8 Å². The Morgan fingerprint density at radius 3 is 2.45 bits per heavy atom. The van der Waals surface area contributed by atoms with Crippen molar-refractivity contribution in [2.24, 2.45) is 5.92 Å². The SMILES string of the molecule is COc1ccccc1-c1ccccc1CC1CN(C(=O)Cc2ccc(C)cc2)CCNC1=O. The molecule has 0 saturated carbocycles. The van der Waals surface area contributed by atoms with Crippen molar-refractivity contribution in [3.05, 3.63) is 89.5 Å². The van der Waals surface area contributed by atoms with Gasteiger partial charge in [-0.1, -0.05) is 72.3 Å². The summed E-state index contributed by atoms with van der Waals surface area (Å²) in [6, 6.07) is 24.0. The second kappa shape index (κ2) is 10.3. The molecule has 1 saturated heterocycles. The highest BCUT2D eigenvalue weighted by atomic mass is 16.5. The Labute approximate surface area is 195 Å². The second-order valence-electron chi connectivity index (χ2n) is 8.55. The highest BCUT2D eigenvalue weighted by molar-refractivity contribution is 5.83. The van der Waals surface area contributed by atoms with Gasteiger partial charge in [0.25, 0.3) is 0 Å². The molecule has 170 valence electrons. The van der Waals surface area contributed by atoms with E-state index in [1.54, 1.807) is 7.11 Å². The summed E-state index contributed by atoms with van der Waals surface area (Å²) in [5.41, 5.74) is 5.27. The van der Waals surface area contributed by atoms with Gasteiger partial charge in [-0.05, 0) is 36.1 Å². The number of amides is 2. The molecule has 5 nitrogen and oxygen atoms in total. The molecule has 1 N–H and O–H groups in total. The van der Waals surface area contributed by atoms with Crippen LogP contribution in [0.1, 0.15) is 16.7 Å². The third-order valence-corrected chi connectivity index (χ3v) is 6.20. The number of carbonyl (C=O) groups excluding carboxylic acids is 2. The lowest BCUT2D eigenvalue weighted by Gasteiger charge is -2.24. The van der Waals surface area contributed by atoms with E-state index in [0.29, 0.717) is 32.5 Å². The average molecular weight is 443 g/mol. The molecule has 3 aromatic carbocycles. The predicted octanol–water partition coefficient (Wildman–Crippen LogP) is 4.03. The van der Waals surface area contributed by atoms with Crippen LogP contribution in [0, 0.1) is 12.8 Å². The smallest absolute Gasteiger partial charge is 0.227 e. The summed E-state index contributed by atoms with van der Waals surface area (Å²) in [5.74, 6) is 0.532. The quantitative estimate of drug-likeness (QED) is 0.627.